The zero-order valence-corrected chi connectivity index (χ0v) is 10.1. The number of amides is 1. The fraction of sp³-hybridized carbons (Fsp3) is 0.364. The Morgan fingerprint density at radius 3 is 2.10 bits per heavy atom. The van der Waals surface area contributed by atoms with Crippen molar-refractivity contribution in [3.05, 3.63) is 28.8 Å². The Kier molecular flexibility index (Phi) is 4.21. The summed E-state index contributed by atoms with van der Waals surface area (Å²) < 4.78 is 75.7. The molecular formula is C11H10F6N2O. The minimum absolute atomic E-state index is 0.0490. The van der Waals surface area contributed by atoms with E-state index >= 15 is 0 Å². The Morgan fingerprint density at radius 1 is 1.15 bits per heavy atom. The van der Waals surface area contributed by atoms with Crippen molar-refractivity contribution in [1.82, 2.24) is 5.32 Å². The molecule has 0 bridgehead atoms. The summed E-state index contributed by atoms with van der Waals surface area (Å²) in [6.45, 7) is 0.558. The first kappa shape index (κ1) is 16.1. The van der Waals surface area contributed by atoms with Crippen molar-refractivity contribution in [1.29, 1.82) is 0 Å². The quantitative estimate of drug-likeness (QED) is 0.652. The molecule has 9 heteroatoms. The second kappa shape index (κ2) is 5.22. The van der Waals surface area contributed by atoms with Gasteiger partial charge in [0.1, 0.15) is 0 Å². The fourth-order valence-electron chi connectivity index (χ4n) is 1.48. The molecule has 1 aromatic rings. The van der Waals surface area contributed by atoms with Gasteiger partial charge in [-0.1, -0.05) is 0 Å². The monoisotopic (exact) mass is 300 g/mol. The zero-order valence-electron chi connectivity index (χ0n) is 10.1. The van der Waals surface area contributed by atoms with E-state index in [9.17, 15) is 31.1 Å². The number of nitrogen functional groups attached to an aromatic ring is 1. The van der Waals surface area contributed by atoms with Gasteiger partial charge in [0, 0.05) is 19.2 Å². The fourth-order valence-corrected chi connectivity index (χ4v) is 1.48. The Labute approximate surface area is 109 Å². The SMILES string of the molecule is CC(=O)NCc1cc(C(F)(F)F)cc(C(F)(F)F)c1N. The van der Waals surface area contributed by atoms with Crippen molar-refractivity contribution in [2.45, 2.75) is 25.8 Å². The minimum atomic E-state index is -5.02. The van der Waals surface area contributed by atoms with E-state index in [1.807, 2.05) is 0 Å². The predicted molar refractivity (Wildman–Crippen MR) is 58.4 cm³/mol. The highest BCUT2D eigenvalue weighted by molar-refractivity contribution is 5.73. The van der Waals surface area contributed by atoms with E-state index in [2.05, 4.69) is 5.32 Å². The maximum atomic E-state index is 12.7. The molecular weight excluding hydrogens is 290 g/mol. The maximum Gasteiger partial charge on any atom is 0.418 e. The van der Waals surface area contributed by atoms with E-state index in [4.69, 9.17) is 5.73 Å². The number of nitrogens with two attached hydrogens (primary N) is 1. The maximum absolute atomic E-state index is 12.7. The van der Waals surface area contributed by atoms with Crippen LogP contribution in [0, 0.1) is 0 Å². The lowest BCUT2D eigenvalue weighted by Crippen LogP contribution is -2.22. The number of alkyl halides is 6. The highest BCUT2D eigenvalue weighted by Gasteiger charge is 2.39. The molecule has 0 atom stereocenters. The van der Waals surface area contributed by atoms with Crippen LogP contribution in [0.25, 0.3) is 0 Å². The smallest absolute Gasteiger partial charge is 0.398 e. The van der Waals surface area contributed by atoms with E-state index in [1.165, 1.54) is 0 Å². The predicted octanol–water partition coefficient (Wildman–Crippen LogP) is 2.94. The van der Waals surface area contributed by atoms with Crippen LogP contribution < -0.4 is 11.1 Å². The van der Waals surface area contributed by atoms with E-state index < -0.39 is 47.2 Å². The molecule has 0 saturated heterocycles. The van der Waals surface area contributed by atoms with Gasteiger partial charge in [-0.25, -0.2) is 0 Å². The highest BCUT2D eigenvalue weighted by Crippen LogP contribution is 2.40. The molecule has 0 radical (unpaired) electrons. The summed E-state index contributed by atoms with van der Waals surface area (Å²) >= 11 is 0. The van der Waals surface area contributed by atoms with Gasteiger partial charge in [0.05, 0.1) is 11.1 Å². The van der Waals surface area contributed by atoms with Gasteiger partial charge in [-0.3, -0.25) is 4.79 Å². The van der Waals surface area contributed by atoms with Crippen molar-refractivity contribution >= 4 is 11.6 Å². The lowest BCUT2D eigenvalue weighted by atomic mass is 10.0. The van der Waals surface area contributed by atoms with Crippen molar-refractivity contribution in [2.24, 2.45) is 0 Å². The topological polar surface area (TPSA) is 55.1 Å². The molecule has 112 valence electrons. The molecule has 0 heterocycles. The standard InChI is InChI=1S/C11H10F6N2O/c1-5(20)19-4-6-2-7(10(12,13)14)3-8(9(6)18)11(15,16)17/h2-3H,4,18H2,1H3,(H,19,20). The molecule has 3 N–H and O–H groups in total. The molecule has 3 nitrogen and oxygen atoms in total. The summed E-state index contributed by atoms with van der Waals surface area (Å²) in [5.74, 6) is -0.602. The Balaban J connectivity index is 3.39. The molecule has 0 unspecified atom stereocenters. The summed E-state index contributed by atoms with van der Waals surface area (Å²) in [6.07, 6.45) is -9.96. The molecule has 0 aliphatic rings. The molecule has 0 aliphatic heterocycles. The number of carbonyl (C=O) groups is 1. The molecule has 1 rings (SSSR count). The average Bonchev–Trinajstić information content (AvgIpc) is 2.24. The average molecular weight is 300 g/mol. The lowest BCUT2D eigenvalue weighted by molar-refractivity contribution is -0.142. The normalized spacial score (nSPS) is 12.3. The Morgan fingerprint density at radius 2 is 1.70 bits per heavy atom. The van der Waals surface area contributed by atoms with E-state index in [1.54, 1.807) is 0 Å². The zero-order chi connectivity index (χ0) is 15.7. The first-order chi connectivity index (χ1) is 8.93. The van der Waals surface area contributed by atoms with Gasteiger partial charge >= 0.3 is 12.4 Å². The number of benzene rings is 1. The van der Waals surface area contributed by atoms with Crippen LogP contribution in [0.4, 0.5) is 32.0 Å². The largest absolute Gasteiger partial charge is 0.418 e. The van der Waals surface area contributed by atoms with E-state index in [0.29, 0.717) is 6.07 Å². The molecule has 0 fully saturated rings. The van der Waals surface area contributed by atoms with Crippen LogP contribution in [-0.2, 0) is 23.7 Å². The summed E-state index contributed by atoms with van der Waals surface area (Å²) in [6, 6.07) is 0.438. The lowest BCUT2D eigenvalue weighted by Gasteiger charge is -2.17. The van der Waals surface area contributed by atoms with Crippen LogP contribution in [0.1, 0.15) is 23.6 Å². The van der Waals surface area contributed by atoms with Crippen LogP contribution in [0.3, 0.4) is 0 Å². The molecule has 1 amide bonds. The van der Waals surface area contributed by atoms with Gasteiger partial charge in [0.25, 0.3) is 0 Å². The van der Waals surface area contributed by atoms with Crippen LogP contribution in [0.2, 0.25) is 0 Å². The van der Waals surface area contributed by atoms with Gasteiger partial charge in [0.2, 0.25) is 5.91 Å². The van der Waals surface area contributed by atoms with Crippen molar-refractivity contribution in [3.8, 4) is 0 Å². The summed E-state index contributed by atoms with van der Waals surface area (Å²) in [7, 11) is 0. The van der Waals surface area contributed by atoms with Crippen LogP contribution >= 0.6 is 0 Å². The first-order valence-corrected chi connectivity index (χ1v) is 5.24. The van der Waals surface area contributed by atoms with Gasteiger partial charge in [0.15, 0.2) is 0 Å². The second-order valence-electron chi connectivity index (χ2n) is 4.00. The first-order valence-electron chi connectivity index (χ1n) is 5.24. The summed E-state index contributed by atoms with van der Waals surface area (Å²) in [5.41, 5.74) is 0.904. The third-order valence-electron chi connectivity index (χ3n) is 2.43. The highest BCUT2D eigenvalue weighted by atomic mass is 19.4. The second-order valence-corrected chi connectivity index (χ2v) is 4.00. The van der Waals surface area contributed by atoms with Gasteiger partial charge < -0.3 is 11.1 Å². The Hall–Kier alpha value is -1.93. The molecule has 20 heavy (non-hydrogen) atoms. The molecule has 0 aliphatic carbocycles. The number of nitrogens with one attached hydrogen (secondary N) is 1. The number of halogens is 6. The van der Waals surface area contributed by atoms with Gasteiger partial charge in [-0.2, -0.15) is 26.3 Å². The van der Waals surface area contributed by atoms with Gasteiger partial charge in [-0.05, 0) is 17.7 Å². The van der Waals surface area contributed by atoms with E-state index in [0.717, 1.165) is 6.92 Å². The number of carbonyl (C=O) groups excluding carboxylic acids is 1. The van der Waals surface area contributed by atoms with Gasteiger partial charge in [-0.15, -0.1) is 0 Å². The number of hydrogen-bond acceptors (Lipinski definition) is 2. The van der Waals surface area contributed by atoms with Crippen molar-refractivity contribution in [2.75, 3.05) is 5.73 Å². The van der Waals surface area contributed by atoms with E-state index in [-0.39, 0.29) is 6.07 Å². The van der Waals surface area contributed by atoms with Crippen LogP contribution in [0.15, 0.2) is 12.1 Å². The number of anilines is 1. The number of rotatable bonds is 2. The molecule has 0 saturated carbocycles. The van der Waals surface area contributed by atoms with Crippen LogP contribution in [0.5, 0.6) is 0 Å². The third-order valence-corrected chi connectivity index (χ3v) is 2.43. The molecule has 0 aromatic heterocycles. The summed E-state index contributed by atoms with van der Waals surface area (Å²) in [4.78, 5) is 10.7. The Bertz CT molecular complexity index is 521. The van der Waals surface area contributed by atoms with Crippen LogP contribution in [-0.4, -0.2) is 5.91 Å². The molecule has 1 aromatic carbocycles. The summed E-state index contributed by atoms with van der Waals surface area (Å²) in [5, 5.41) is 2.11. The third kappa shape index (κ3) is 3.78. The minimum Gasteiger partial charge on any atom is -0.398 e. The van der Waals surface area contributed by atoms with Crippen molar-refractivity contribution in [3.63, 3.8) is 0 Å². The van der Waals surface area contributed by atoms with Crippen molar-refractivity contribution < 1.29 is 31.1 Å². The molecule has 0 spiro atoms. The number of hydrogen-bond donors (Lipinski definition) is 2.